The van der Waals surface area contributed by atoms with E-state index < -0.39 is 0 Å². The number of aryl methyl sites for hydroxylation is 1. The van der Waals surface area contributed by atoms with Crippen molar-refractivity contribution in [3.05, 3.63) is 83.3 Å². The van der Waals surface area contributed by atoms with Crippen LogP contribution in [0.25, 0.3) is 0 Å². The molecule has 0 saturated heterocycles. The first-order valence-corrected chi connectivity index (χ1v) is 8.09. The molecule has 0 aliphatic carbocycles. The van der Waals surface area contributed by atoms with Gasteiger partial charge in [-0.2, -0.15) is 5.26 Å². The summed E-state index contributed by atoms with van der Waals surface area (Å²) in [6.45, 7) is 2.15. The molecule has 6 nitrogen and oxygen atoms in total. The zero-order valence-corrected chi connectivity index (χ0v) is 14.2. The van der Waals surface area contributed by atoms with Gasteiger partial charge in [-0.05, 0) is 30.7 Å². The Labute approximate surface area is 151 Å². The molecule has 1 amide bonds. The van der Waals surface area contributed by atoms with E-state index in [1.807, 2.05) is 36.4 Å². The van der Waals surface area contributed by atoms with E-state index in [2.05, 4.69) is 26.7 Å². The molecule has 1 aromatic heterocycles. The van der Waals surface area contributed by atoms with E-state index in [0.29, 0.717) is 23.8 Å². The number of aromatic nitrogens is 2. The van der Waals surface area contributed by atoms with Gasteiger partial charge in [0.05, 0.1) is 11.6 Å². The second-order valence-electron chi connectivity index (χ2n) is 5.67. The molecule has 2 N–H and O–H groups in total. The van der Waals surface area contributed by atoms with Crippen LogP contribution in [0.4, 0.5) is 11.5 Å². The average Bonchev–Trinajstić information content (AvgIpc) is 2.66. The van der Waals surface area contributed by atoms with Gasteiger partial charge in [0.2, 0.25) is 0 Å². The van der Waals surface area contributed by atoms with Crippen LogP contribution in [0.15, 0.2) is 60.7 Å². The van der Waals surface area contributed by atoms with Crippen molar-refractivity contribution in [2.45, 2.75) is 13.5 Å². The molecule has 0 fully saturated rings. The molecule has 128 valence electrons. The summed E-state index contributed by atoms with van der Waals surface area (Å²) in [5.74, 6) is 0.710. The summed E-state index contributed by atoms with van der Waals surface area (Å²) in [4.78, 5) is 20.9. The topological polar surface area (TPSA) is 90.7 Å². The highest BCUT2D eigenvalue weighted by Crippen LogP contribution is 2.17. The van der Waals surface area contributed by atoms with Crippen LogP contribution in [-0.4, -0.2) is 15.9 Å². The minimum Gasteiger partial charge on any atom is -0.347 e. The molecule has 0 aliphatic rings. The summed E-state index contributed by atoms with van der Waals surface area (Å²) in [6, 6.07) is 20.4. The molecule has 0 spiro atoms. The zero-order chi connectivity index (χ0) is 18.4. The van der Waals surface area contributed by atoms with Gasteiger partial charge in [0.15, 0.2) is 0 Å². The molecule has 0 unspecified atom stereocenters. The number of amides is 1. The van der Waals surface area contributed by atoms with Gasteiger partial charge in [0, 0.05) is 18.3 Å². The number of benzene rings is 2. The number of hydrogen-bond acceptors (Lipinski definition) is 5. The monoisotopic (exact) mass is 343 g/mol. The van der Waals surface area contributed by atoms with Crippen molar-refractivity contribution in [2.75, 3.05) is 5.32 Å². The third kappa shape index (κ3) is 4.42. The van der Waals surface area contributed by atoms with Crippen LogP contribution in [0.1, 0.15) is 27.4 Å². The molecule has 0 atom stereocenters. The zero-order valence-electron chi connectivity index (χ0n) is 14.2. The highest BCUT2D eigenvalue weighted by molar-refractivity contribution is 5.93. The lowest BCUT2D eigenvalue weighted by atomic mass is 10.2. The predicted molar refractivity (Wildman–Crippen MR) is 98.8 cm³/mol. The van der Waals surface area contributed by atoms with E-state index in [4.69, 9.17) is 5.26 Å². The lowest BCUT2D eigenvalue weighted by Crippen LogP contribution is -2.24. The summed E-state index contributed by atoms with van der Waals surface area (Å²) >= 11 is 0. The normalized spacial score (nSPS) is 10.0. The number of carbonyl (C=O) groups excluding carboxylic acids is 1. The van der Waals surface area contributed by atoms with E-state index in [9.17, 15) is 4.79 Å². The Kier molecular flexibility index (Phi) is 5.20. The summed E-state index contributed by atoms with van der Waals surface area (Å²) in [7, 11) is 0. The van der Waals surface area contributed by atoms with Gasteiger partial charge >= 0.3 is 0 Å². The van der Waals surface area contributed by atoms with Gasteiger partial charge in [-0.3, -0.25) is 4.79 Å². The van der Waals surface area contributed by atoms with Crippen LogP contribution in [0.2, 0.25) is 0 Å². The number of nitrogens with one attached hydrogen (secondary N) is 2. The van der Waals surface area contributed by atoms with Crippen LogP contribution in [-0.2, 0) is 6.54 Å². The van der Waals surface area contributed by atoms with E-state index in [0.717, 1.165) is 11.3 Å². The van der Waals surface area contributed by atoms with E-state index in [-0.39, 0.29) is 11.6 Å². The lowest BCUT2D eigenvalue weighted by molar-refractivity contribution is 0.0945. The Morgan fingerprint density at radius 3 is 2.65 bits per heavy atom. The maximum absolute atomic E-state index is 12.4. The Morgan fingerprint density at radius 2 is 1.88 bits per heavy atom. The Morgan fingerprint density at radius 1 is 1.08 bits per heavy atom. The second-order valence-corrected chi connectivity index (χ2v) is 5.67. The number of anilines is 2. The fourth-order valence-electron chi connectivity index (χ4n) is 2.43. The molecular weight excluding hydrogens is 326 g/mol. The van der Waals surface area contributed by atoms with Crippen molar-refractivity contribution in [2.24, 2.45) is 0 Å². The highest BCUT2D eigenvalue weighted by Gasteiger charge is 2.11. The summed E-state index contributed by atoms with van der Waals surface area (Å²) < 4.78 is 0. The van der Waals surface area contributed by atoms with Crippen LogP contribution in [0.3, 0.4) is 0 Å². The molecule has 2 aromatic carbocycles. The number of nitriles is 1. The predicted octanol–water partition coefficient (Wildman–Crippen LogP) is 3.33. The van der Waals surface area contributed by atoms with Gasteiger partial charge in [-0.1, -0.05) is 36.4 Å². The Balaban J connectivity index is 1.74. The largest absolute Gasteiger partial charge is 0.347 e. The standard InChI is InChI=1S/C20H17N5O/c1-14-23-18(20(26)22-13-15-6-3-2-4-7-15)11-19(24-14)25-17-9-5-8-16(10-17)12-21/h2-11H,13H2,1H3,(H,22,26)(H,23,24,25). The third-order valence-corrected chi connectivity index (χ3v) is 3.63. The molecule has 3 aromatic rings. The van der Waals surface area contributed by atoms with Crippen LogP contribution in [0.5, 0.6) is 0 Å². The molecule has 6 heteroatoms. The van der Waals surface area contributed by atoms with Gasteiger partial charge < -0.3 is 10.6 Å². The number of nitrogens with zero attached hydrogens (tertiary/aromatic N) is 3. The number of carbonyl (C=O) groups is 1. The quantitative estimate of drug-likeness (QED) is 0.741. The first kappa shape index (κ1) is 17.1. The van der Waals surface area contributed by atoms with Crippen molar-refractivity contribution < 1.29 is 4.79 Å². The molecule has 3 rings (SSSR count). The van der Waals surface area contributed by atoms with Crippen molar-refractivity contribution in [1.29, 1.82) is 5.26 Å². The summed E-state index contributed by atoms with van der Waals surface area (Å²) in [5.41, 5.74) is 2.56. The SMILES string of the molecule is Cc1nc(Nc2cccc(C#N)c2)cc(C(=O)NCc2ccccc2)n1. The van der Waals surface area contributed by atoms with Crippen molar-refractivity contribution >= 4 is 17.4 Å². The van der Waals surface area contributed by atoms with Crippen LogP contribution >= 0.6 is 0 Å². The van der Waals surface area contributed by atoms with Crippen LogP contribution in [0, 0.1) is 18.3 Å². The van der Waals surface area contributed by atoms with E-state index >= 15 is 0 Å². The molecule has 26 heavy (non-hydrogen) atoms. The maximum Gasteiger partial charge on any atom is 0.270 e. The Hall–Kier alpha value is -3.72. The molecular formula is C20H17N5O. The van der Waals surface area contributed by atoms with Crippen molar-refractivity contribution in [3.8, 4) is 6.07 Å². The molecule has 1 heterocycles. The Bertz CT molecular complexity index is 963. The van der Waals surface area contributed by atoms with Crippen molar-refractivity contribution in [3.63, 3.8) is 0 Å². The first-order chi connectivity index (χ1) is 12.6. The third-order valence-electron chi connectivity index (χ3n) is 3.63. The first-order valence-electron chi connectivity index (χ1n) is 8.09. The lowest BCUT2D eigenvalue weighted by Gasteiger charge is -2.09. The summed E-state index contributed by atoms with van der Waals surface area (Å²) in [6.07, 6.45) is 0. The van der Waals surface area contributed by atoms with Crippen molar-refractivity contribution in [1.82, 2.24) is 15.3 Å². The van der Waals surface area contributed by atoms with Crippen LogP contribution < -0.4 is 10.6 Å². The minimum atomic E-state index is -0.270. The number of hydrogen-bond donors (Lipinski definition) is 2. The average molecular weight is 343 g/mol. The smallest absolute Gasteiger partial charge is 0.270 e. The van der Waals surface area contributed by atoms with Gasteiger partial charge in [0.25, 0.3) is 5.91 Å². The van der Waals surface area contributed by atoms with Gasteiger partial charge in [-0.15, -0.1) is 0 Å². The number of rotatable bonds is 5. The molecule has 0 bridgehead atoms. The van der Waals surface area contributed by atoms with E-state index in [1.165, 1.54) is 0 Å². The molecule has 0 radical (unpaired) electrons. The maximum atomic E-state index is 12.4. The van der Waals surface area contributed by atoms with Gasteiger partial charge in [-0.25, -0.2) is 9.97 Å². The highest BCUT2D eigenvalue weighted by atomic mass is 16.1. The molecule has 0 saturated carbocycles. The fraction of sp³-hybridized carbons (Fsp3) is 0.100. The summed E-state index contributed by atoms with van der Waals surface area (Å²) in [5, 5.41) is 14.9. The molecule has 0 aliphatic heterocycles. The second kappa shape index (κ2) is 7.90. The van der Waals surface area contributed by atoms with Gasteiger partial charge in [0.1, 0.15) is 17.3 Å². The van der Waals surface area contributed by atoms with E-state index in [1.54, 1.807) is 31.2 Å². The minimum absolute atomic E-state index is 0.270. The fourth-order valence-corrected chi connectivity index (χ4v) is 2.43.